The summed E-state index contributed by atoms with van der Waals surface area (Å²) in [4.78, 5) is 33.9. The van der Waals surface area contributed by atoms with E-state index in [1.54, 1.807) is 13.8 Å². The topological polar surface area (TPSA) is 78.9 Å². The van der Waals surface area contributed by atoms with Crippen LogP contribution in [0.25, 0.3) is 0 Å². The van der Waals surface area contributed by atoms with Crippen molar-refractivity contribution in [3.05, 3.63) is 0 Å². The van der Waals surface area contributed by atoms with E-state index < -0.39 is 11.4 Å². The highest BCUT2D eigenvalue weighted by Crippen LogP contribution is 2.24. The third-order valence-corrected chi connectivity index (χ3v) is 3.33. The van der Waals surface area contributed by atoms with Crippen molar-refractivity contribution in [2.75, 3.05) is 25.6 Å². The van der Waals surface area contributed by atoms with Gasteiger partial charge in [0.25, 0.3) is 0 Å². The highest BCUT2D eigenvalue weighted by Gasteiger charge is 2.33. The van der Waals surface area contributed by atoms with Crippen LogP contribution in [0.4, 0.5) is 0 Å². The van der Waals surface area contributed by atoms with Gasteiger partial charge in [0.2, 0.25) is 0 Å². The fraction of sp³-hybridized carbons (Fsp3) is 0.786. The molecule has 0 aliphatic carbocycles. The Kier molecular flexibility index (Phi) is 9.86. The Hall–Kier alpha value is -1.24. The molecule has 7 heteroatoms. The largest absolute Gasteiger partial charge is 0.465 e. The predicted molar refractivity (Wildman–Crippen MR) is 80.0 cm³/mol. The molecule has 21 heavy (non-hydrogen) atoms. The number of carbonyl (C=O) groups excluding carboxylic acids is 3. The standard InChI is InChI=1S/C14H24O6S/c1-4-11(15)18-8-14(6-3,9-19-12(16)5-2)10-20-13(17)7-21/h21H,4-10H2,1-3H3. The Morgan fingerprint density at radius 1 is 0.810 bits per heavy atom. The van der Waals surface area contributed by atoms with Gasteiger partial charge in [0.05, 0.1) is 11.2 Å². The van der Waals surface area contributed by atoms with Crippen LogP contribution in [-0.4, -0.2) is 43.5 Å². The van der Waals surface area contributed by atoms with Crippen LogP contribution in [0.3, 0.4) is 0 Å². The third-order valence-electron chi connectivity index (χ3n) is 3.07. The molecular formula is C14H24O6S. The summed E-state index contributed by atoms with van der Waals surface area (Å²) >= 11 is 3.83. The van der Waals surface area contributed by atoms with Gasteiger partial charge < -0.3 is 14.2 Å². The van der Waals surface area contributed by atoms with E-state index in [1.807, 2.05) is 6.92 Å². The average Bonchev–Trinajstić information content (AvgIpc) is 2.53. The van der Waals surface area contributed by atoms with Crippen LogP contribution in [-0.2, 0) is 28.6 Å². The minimum absolute atomic E-state index is 0.0108. The molecule has 0 unspecified atom stereocenters. The minimum Gasteiger partial charge on any atom is -0.465 e. The molecule has 0 N–H and O–H groups in total. The van der Waals surface area contributed by atoms with Crippen molar-refractivity contribution in [1.82, 2.24) is 0 Å². The SMILES string of the molecule is CCC(=O)OCC(CC)(COC(=O)CC)COC(=O)CS. The quantitative estimate of drug-likeness (QED) is 0.375. The summed E-state index contributed by atoms with van der Waals surface area (Å²) in [6.45, 7) is 5.31. The Labute approximate surface area is 130 Å². The number of carbonyl (C=O) groups is 3. The maximum absolute atomic E-state index is 11.3. The van der Waals surface area contributed by atoms with Crippen molar-refractivity contribution in [3.8, 4) is 0 Å². The van der Waals surface area contributed by atoms with E-state index in [0.29, 0.717) is 6.42 Å². The van der Waals surface area contributed by atoms with Crippen molar-refractivity contribution in [2.24, 2.45) is 5.41 Å². The molecule has 0 bridgehead atoms. The van der Waals surface area contributed by atoms with Crippen molar-refractivity contribution >= 4 is 30.5 Å². The van der Waals surface area contributed by atoms with Crippen LogP contribution in [0.15, 0.2) is 0 Å². The number of hydrogen-bond acceptors (Lipinski definition) is 7. The zero-order chi connectivity index (χ0) is 16.3. The van der Waals surface area contributed by atoms with E-state index >= 15 is 0 Å². The molecule has 6 nitrogen and oxygen atoms in total. The normalized spacial score (nSPS) is 10.9. The fourth-order valence-corrected chi connectivity index (χ4v) is 1.47. The molecule has 0 aromatic heterocycles. The Morgan fingerprint density at radius 3 is 1.48 bits per heavy atom. The highest BCUT2D eigenvalue weighted by atomic mass is 32.1. The van der Waals surface area contributed by atoms with Crippen LogP contribution in [0.2, 0.25) is 0 Å². The first-order valence-corrected chi connectivity index (χ1v) is 7.64. The predicted octanol–water partition coefficient (Wildman–Crippen LogP) is 1.76. The van der Waals surface area contributed by atoms with E-state index in [-0.39, 0.29) is 50.4 Å². The number of ether oxygens (including phenoxy) is 3. The highest BCUT2D eigenvalue weighted by molar-refractivity contribution is 7.81. The molecule has 122 valence electrons. The summed E-state index contributed by atoms with van der Waals surface area (Å²) in [5.41, 5.74) is -0.728. The van der Waals surface area contributed by atoms with Gasteiger partial charge >= 0.3 is 17.9 Å². The summed E-state index contributed by atoms with van der Waals surface area (Å²) in [5.74, 6) is -1.21. The van der Waals surface area contributed by atoms with Gasteiger partial charge in [-0.1, -0.05) is 20.8 Å². The Morgan fingerprint density at radius 2 is 1.19 bits per heavy atom. The molecule has 0 saturated carbocycles. The van der Waals surface area contributed by atoms with Gasteiger partial charge in [-0.2, -0.15) is 12.6 Å². The van der Waals surface area contributed by atoms with E-state index in [9.17, 15) is 14.4 Å². The smallest absolute Gasteiger partial charge is 0.315 e. The van der Waals surface area contributed by atoms with Crippen molar-refractivity contribution in [1.29, 1.82) is 0 Å². The van der Waals surface area contributed by atoms with E-state index in [0.717, 1.165) is 0 Å². The van der Waals surface area contributed by atoms with Crippen molar-refractivity contribution in [2.45, 2.75) is 40.0 Å². The molecule has 0 aliphatic rings. The second-order valence-electron chi connectivity index (χ2n) is 4.70. The second-order valence-corrected chi connectivity index (χ2v) is 5.02. The van der Waals surface area contributed by atoms with Crippen molar-refractivity contribution in [3.63, 3.8) is 0 Å². The van der Waals surface area contributed by atoms with Crippen LogP contribution >= 0.6 is 12.6 Å². The summed E-state index contributed by atoms with van der Waals surface area (Å²) in [6.07, 6.45) is 1.04. The average molecular weight is 320 g/mol. The summed E-state index contributed by atoms with van der Waals surface area (Å²) in [6, 6.07) is 0. The first-order valence-electron chi connectivity index (χ1n) is 7.00. The van der Waals surface area contributed by atoms with Crippen LogP contribution in [0, 0.1) is 5.41 Å². The zero-order valence-electron chi connectivity index (χ0n) is 12.8. The third kappa shape index (κ3) is 7.94. The number of esters is 3. The minimum atomic E-state index is -0.728. The molecule has 0 rings (SSSR count). The molecule has 0 aromatic carbocycles. The van der Waals surface area contributed by atoms with Crippen LogP contribution < -0.4 is 0 Å². The lowest BCUT2D eigenvalue weighted by Crippen LogP contribution is -2.39. The number of rotatable bonds is 10. The second kappa shape index (κ2) is 10.5. The first-order chi connectivity index (χ1) is 9.92. The van der Waals surface area contributed by atoms with Gasteiger partial charge in [-0.15, -0.1) is 0 Å². The molecule has 0 fully saturated rings. The van der Waals surface area contributed by atoms with Crippen LogP contribution in [0.5, 0.6) is 0 Å². The monoisotopic (exact) mass is 320 g/mol. The maximum Gasteiger partial charge on any atom is 0.315 e. The zero-order valence-corrected chi connectivity index (χ0v) is 13.7. The Bertz CT molecular complexity index is 305. The van der Waals surface area contributed by atoms with Gasteiger partial charge in [0.15, 0.2) is 0 Å². The van der Waals surface area contributed by atoms with Crippen molar-refractivity contribution < 1.29 is 28.6 Å². The van der Waals surface area contributed by atoms with E-state index in [2.05, 4.69) is 12.6 Å². The summed E-state index contributed by atoms with van der Waals surface area (Å²) < 4.78 is 15.4. The lowest BCUT2D eigenvalue weighted by atomic mass is 9.88. The van der Waals surface area contributed by atoms with Gasteiger partial charge in [-0.05, 0) is 6.42 Å². The summed E-state index contributed by atoms with van der Waals surface area (Å²) in [5, 5.41) is 0. The number of thiol groups is 1. The molecule has 0 spiro atoms. The molecule has 0 saturated heterocycles. The maximum atomic E-state index is 11.3. The first kappa shape index (κ1) is 19.8. The van der Waals surface area contributed by atoms with Gasteiger partial charge in [0, 0.05) is 12.8 Å². The van der Waals surface area contributed by atoms with Crippen LogP contribution in [0.1, 0.15) is 40.0 Å². The number of hydrogen-bond donors (Lipinski definition) is 1. The molecule has 0 aliphatic heterocycles. The van der Waals surface area contributed by atoms with Gasteiger partial charge in [-0.3, -0.25) is 14.4 Å². The van der Waals surface area contributed by atoms with E-state index in [1.165, 1.54) is 0 Å². The lowest BCUT2D eigenvalue weighted by molar-refractivity contribution is -0.161. The fourth-order valence-electron chi connectivity index (χ4n) is 1.38. The molecule has 0 amide bonds. The molecule has 0 atom stereocenters. The molecule has 0 radical (unpaired) electrons. The lowest BCUT2D eigenvalue weighted by Gasteiger charge is -2.30. The summed E-state index contributed by atoms with van der Waals surface area (Å²) in [7, 11) is 0. The Balaban J connectivity index is 4.76. The molecular weight excluding hydrogens is 296 g/mol. The molecule has 0 aromatic rings. The molecule has 0 heterocycles. The van der Waals surface area contributed by atoms with Gasteiger partial charge in [-0.25, -0.2) is 0 Å². The van der Waals surface area contributed by atoms with E-state index in [4.69, 9.17) is 14.2 Å². The van der Waals surface area contributed by atoms with Gasteiger partial charge in [0.1, 0.15) is 19.8 Å².